The summed E-state index contributed by atoms with van der Waals surface area (Å²) in [6.07, 6.45) is 7.14. The highest BCUT2D eigenvalue weighted by molar-refractivity contribution is 5.05. The first-order valence-corrected chi connectivity index (χ1v) is 7.52. The fraction of sp³-hybridized carbons (Fsp3) is 1.00. The summed E-state index contributed by atoms with van der Waals surface area (Å²) in [6, 6.07) is 0.739. The smallest absolute Gasteiger partial charge is 0.0465 e. The molecule has 0 aliphatic heterocycles. The van der Waals surface area contributed by atoms with Gasteiger partial charge in [-0.25, -0.2) is 0 Å². The van der Waals surface area contributed by atoms with Gasteiger partial charge in [-0.15, -0.1) is 0 Å². The van der Waals surface area contributed by atoms with Crippen molar-refractivity contribution in [1.29, 1.82) is 0 Å². The van der Waals surface area contributed by atoms with Crippen LogP contribution in [-0.2, 0) is 4.74 Å². The summed E-state index contributed by atoms with van der Waals surface area (Å²) < 4.78 is 5.23. The van der Waals surface area contributed by atoms with Crippen LogP contribution < -0.4 is 5.32 Å². The predicted molar refractivity (Wildman–Crippen MR) is 72.1 cm³/mol. The van der Waals surface area contributed by atoms with Crippen molar-refractivity contribution in [3.8, 4) is 0 Å². The highest BCUT2D eigenvalue weighted by Gasteiger charge is 2.54. The number of methoxy groups -OCH3 is 1. The molecule has 2 heteroatoms. The van der Waals surface area contributed by atoms with Crippen molar-refractivity contribution in [1.82, 2.24) is 5.32 Å². The van der Waals surface area contributed by atoms with Gasteiger partial charge < -0.3 is 10.1 Å². The maximum absolute atomic E-state index is 5.23. The largest absolute Gasteiger partial charge is 0.385 e. The molecule has 1 N–H and O–H groups in total. The third kappa shape index (κ3) is 3.03. The zero-order chi connectivity index (χ0) is 12.3. The molecule has 0 amide bonds. The second kappa shape index (κ2) is 6.19. The SMILES string of the molecule is CCNC(C(C)CCOC)C1C2CCCCC21. The quantitative estimate of drug-likeness (QED) is 0.737. The number of hydrogen-bond donors (Lipinski definition) is 1. The van der Waals surface area contributed by atoms with E-state index in [9.17, 15) is 0 Å². The summed E-state index contributed by atoms with van der Waals surface area (Å²) in [7, 11) is 1.81. The van der Waals surface area contributed by atoms with E-state index in [0.717, 1.165) is 42.9 Å². The fourth-order valence-corrected chi connectivity index (χ4v) is 4.02. The minimum Gasteiger partial charge on any atom is -0.385 e. The minimum atomic E-state index is 0.739. The van der Waals surface area contributed by atoms with Crippen LogP contribution in [0.3, 0.4) is 0 Å². The molecule has 0 bridgehead atoms. The first-order valence-electron chi connectivity index (χ1n) is 7.52. The van der Waals surface area contributed by atoms with Gasteiger partial charge >= 0.3 is 0 Å². The van der Waals surface area contributed by atoms with Gasteiger partial charge in [-0.2, -0.15) is 0 Å². The Labute approximate surface area is 107 Å². The van der Waals surface area contributed by atoms with Crippen LogP contribution >= 0.6 is 0 Å². The number of fused-ring (bicyclic) bond motifs is 1. The maximum atomic E-state index is 5.23. The summed E-state index contributed by atoms with van der Waals surface area (Å²) in [5.41, 5.74) is 0. The number of nitrogens with one attached hydrogen (secondary N) is 1. The highest BCUT2D eigenvalue weighted by atomic mass is 16.5. The zero-order valence-electron chi connectivity index (χ0n) is 11.7. The second-order valence-corrected chi connectivity index (χ2v) is 6.03. The van der Waals surface area contributed by atoms with Crippen LogP contribution in [0.15, 0.2) is 0 Å². The van der Waals surface area contributed by atoms with Crippen molar-refractivity contribution >= 4 is 0 Å². The lowest BCUT2D eigenvalue weighted by atomic mass is 9.92. The van der Waals surface area contributed by atoms with Gasteiger partial charge in [0.2, 0.25) is 0 Å². The van der Waals surface area contributed by atoms with Crippen molar-refractivity contribution in [3.63, 3.8) is 0 Å². The monoisotopic (exact) mass is 239 g/mol. The zero-order valence-corrected chi connectivity index (χ0v) is 11.7. The van der Waals surface area contributed by atoms with Crippen molar-refractivity contribution in [2.75, 3.05) is 20.3 Å². The molecule has 4 unspecified atom stereocenters. The lowest BCUT2D eigenvalue weighted by Gasteiger charge is -2.25. The Morgan fingerprint density at radius 3 is 2.41 bits per heavy atom. The summed E-state index contributed by atoms with van der Waals surface area (Å²) in [5, 5.41) is 3.75. The molecule has 0 aromatic rings. The topological polar surface area (TPSA) is 21.3 Å². The average Bonchev–Trinajstić information content (AvgIpc) is 3.07. The molecule has 100 valence electrons. The van der Waals surface area contributed by atoms with Crippen LogP contribution in [0.1, 0.15) is 46.0 Å². The molecular formula is C15H29NO. The van der Waals surface area contributed by atoms with Gasteiger partial charge in [-0.1, -0.05) is 26.7 Å². The van der Waals surface area contributed by atoms with Gasteiger partial charge in [-0.05, 0) is 49.5 Å². The third-order valence-electron chi connectivity index (χ3n) is 4.97. The number of rotatable bonds is 7. The van der Waals surface area contributed by atoms with E-state index in [1.54, 1.807) is 0 Å². The first-order chi connectivity index (χ1) is 8.29. The average molecular weight is 239 g/mol. The third-order valence-corrected chi connectivity index (χ3v) is 4.97. The molecule has 0 spiro atoms. The van der Waals surface area contributed by atoms with Crippen LogP contribution in [0, 0.1) is 23.7 Å². The molecule has 0 aromatic heterocycles. The Morgan fingerprint density at radius 2 is 1.88 bits per heavy atom. The molecule has 2 aliphatic carbocycles. The van der Waals surface area contributed by atoms with Gasteiger partial charge in [0.25, 0.3) is 0 Å². The van der Waals surface area contributed by atoms with E-state index in [1.807, 2.05) is 7.11 Å². The lowest BCUT2D eigenvalue weighted by Crippen LogP contribution is -2.38. The molecule has 17 heavy (non-hydrogen) atoms. The molecule has 2 fully saturated rings. The van der Waals surface area contributed by atoms with E-state index in [4.69, 9.17) is 4.74 Å². The van der Waals surface area contributed by atoms with E-state index in [0.29, 0.717) is 0 Å². The fourth-order valence-electron chi connectivity index (χ4n) is 4.02. The van der Waals surface area contributed by atoms with Crippen molar-refractivity contribution in [3.05, 3.63) is 0 Å². The van der Waals surface area contributed by atoms with Crippen molar-refractivity contribution < 1.29 is 4.74 Å². The van der Waals surface area contributed by atoms with E-state index >= 15 is 0 Å². The minimum absolute atomic E-state index is 0.739. The Kier molecular flexibility index (Phi) is 4.87. The van der Waals surface area contributed by atoms with Crippen LogP contribution in [-0.4, -0.2) is 26.3 Å². The molecule has 0 radical (unpaired) electrons. The van der Waals surface area contributed by atoms with Crippen LogP contribution in [0.2, 0.25) is 0 Å². The highest BCUT2D eigenvalue weighted by Crippen LogP contribution is 2.58. The Morgan fingerprint density at radius 1 is 1.24 bits per heavy atom. The van der Waals surface area contributed by atoms with Gasteiger partial charge in [-0.3, -0.25) is 0 Å². The summed E-state index contributed by atoms with van der Waals surface area (Å²) in [4.78, 5) is 0. The molecule has 0 heterocycles. The van der Waals surface area contributed by atoms with Crippen LogP contribution in [0.4, 0.5) is 0 Å². The summed E-state index contributed by atoms with van der Waals surface area (Å²) in [6.45, 7) is 6.65. The van der Waals surface area contributed by atoms with Crippen LogP contribution in [0.5, 0.6) is 0 Å². The Hall–Kier alpha value is -0.0800. The van der Waals surface area contributed by atoms with Gasteiger partial charge in [0.05, 0.1) is 0 Å². The first kappa shape index (κ1) is 13.4. The van der Waals surface area contributed by atoms with E-state index < -0.39 is 0 Å². The summed E-state index contributed by atoms with van der Waals surface area (Å²) >= 11 is 0. The van der Waals surface area contributed by atoms with Crippen molar-refractivity contribution in [2.45, 2.75) is 52.0 Å². The molecule has 2 aliphatic rings. The molecule has 2 nitrogen and oxygen atoms in total. The molecule has 2 rings (SSSR count). The van der Waals surface area contributed by atoms with Gasteiger partial charge in [0, 0.05) is 19.8 Å². The normalized spacial score (nSPS) is 35.1. The Balaban J connectivity index is 1.88. The predicted octanol–water partition coefficient (Wildman–Crippen LogP) is 3.07. The van der Waals surface area contributed by atoms with Gasteiger partial charge in [0.1, 0.15) is 0 Å². The van der Waals surface area contributed by atoms with E-state index in [-0.39, 0.29) is 0 Å². The Bertz CT molecular complexity index is 219. The standard InChI is InChI=1S/C15H29NO/c1-4-16-15(11(2)9-10-17-3)14-12-7-5-6-8-13(12)14/h11-16H,4-10H2,1-3H3. The number of hydrogen-bond acceptors (Lipinski definition) is 2. The maximum Gasteiger partial charge on any atom is 0.0465 e. The van der Waals surface area contributed by atoms with E-state index in [1.165, 1.54) is 32.1 Å². The van der Waals surface area contributed by atoms with Crippen LogP contribution in [0.25, 0.3) is 0 Å². The number of ether oxygens (including phenoxy) is 1. The van der Waals surface area contributed by atoms with Crippen molar-refractivity contribution in [2.24, 2.45) is 23.7 Å². The van der Waals surface area contributed by atoms with Gasteiger partial charge in [0.15, 0.2) is 0 Å². The molecular weight excluding hydrogens is 210 g/mol. The molecule has 2 saturated carbocycles. The second-order valence-electron chi connectivity index (χ2n) is 6.03. The summed E-state index contributed by atoms with van der Waals surface area (Å²) in [5.74, 6) is 3.84. The molecule has 4 atom stereocenters. The lowest BCUT2D eigenvalue weighted by molar-refractivity contribution is 0.165. The molecule has 0 saturated heterocycles. The molecule has 0 aromatic carbocycles. The van der Waals surface area contributed by atoms with E-state index in [2.05, 4.69) is 19.2 Å².